The second kappa shape index (κ2) is 5.01. The van der Waals surface area contributed by atoms with Gasteiger partial charge in [0, 0.05) is 6.08 Å². The highest BCUT2D eigenvalue weighted by Gasteiger charge is 2.22. The summed E-state index contributed by atoms with van der Waals surface area (Å²) >= 11 is 0. The molecule has 0 saturated carbocycles. The third-order valence-corrected chi connectivity index (χ3v) is 1.76. The topological polar surface area (TPSA) is 69.4 Å². The summed E-state index contributed by atoms with van der Waals surface area (Å²) in [5, 5.41) is 10.5. The summed E-state index contributed by atoms with van der Waals surface area (Å²) in [5.74, 6) is -1.51. The van der Waals surface area contributed by atoms with Crippen molar-refractivity contribution in [1.82, 2.24) is 0 Å². The Balaban J connectivity index is 3.07. The number of halogens is 1. The van der Waals surface area contributed by atoms with Crippen LogP contribution in [0.2, 0.25) is 0 Å². The van der Waals surface area contributed by atoms with Crippen molar-refractivity contribution in [2.75, 3.05) is 7.11 Å². The number of nitrogens with zero attached hydrogens (tertiary/aromatic N) is 1. The smallest absolute Gasteiger partial charge is 0.409 e. The molecular weight excluding hydrogens is 217 g/mol. The molecule has 84 valence electrons. The number of benzene rings is 1. The molecule has 0 radical (unpaired) electrons. The fourth-order valence-corrected chi connectivity index (χ4v) is 1.01. The second-order valence-electron chi connectivity index (χ2n) is 2.83. The first kappa shape index (κ1) is 11.8. The monoisotopic (exact) mass is 225 g/mol. The number of hydrogen-bond acceptors (Lipinski definition) is 4. The van der Waals surface area contributed by atoms with Gasteiger partial charge in [0.05, 0.1) is 12.0 Å². The summed E-state index contributed by atoms with van der Waals surface area (Å²) in [4.78, 5) is 20.7. The van der Waals surface area contributed by atoms with E-state index in [-0.39, 0.29) is 0 Å². The van der Waals surface area contributed by atoms with Crippen molar-refractivity contribution in [2.24, 2.45) is 0 Å². The summed E-state index contributed by atoms with van der Waals surface area (Å²) in [7, 11) is 1.05. The summed E-state index contributed by atoms with van der Waals surface area (Å²) in [6, 6.07) is 4.92. The van der Waals surface area contributed by atoms with Crippen molar-refractivity contribution in [3.8, 4) is 0 Å². The fraction of sp³-hybridized carbons (Fsp3) is 0.100. The molecule has 0 bridgehead atoms. The Morgan fingerprint density at radius 3 is 2.44 bits per heavy atom. The first-order valence-corrected chi connectivity index (χ1v) is 4.24. The fourth-order valence-electron chi connectivity index (χ4n) is 1.01. The summed E-state index contributed by atoms with van der Waals surface area (Å²) < 4.78 is 16.8. The van der Waals surface area contributed by atoms with Gasteiger partial charge in [-0.05, 0) is 17.7 Å². The Kier molecular flexibility index (Phi) is 3.71. The lowest BCUT2D eigenvalue weighted by Gasteiger charge is -1.97. The van der Waals surface area contributed by atoms with E-state index in [0.29, 0.717) is 5.56 Å². The third kappa shape index (κ3) is 2.88. The Bertz CT molecular complexity index is 439. The first-order valence-electron chi connectivity index (χ1n) is 4.24. The molecule has 0 aliphatic carbocycles. The molecule has 1 aromatic rings. The van der Waals surface area contributed by atoms with Gasteiger partial charge >= 0.3 is 11.7 Å². The van der Waals surface area contributed by atoms with Crippen LogP contribution < -0.4 is 0 Å². The van der Waals surface area contributed by atoms with Gasteiger partial charge in [-0.3, -0.25) is 10.1 Å². The highest BCUT2D eigenvalue weighted by atomic mass is 19.1. The first-order chi connectivity index (χ1) is 7.54. The molecule has 6 heteroatoms. The highest BCUT2D eigenvalue weighted by Crippen LogP contribution is 2.09. The van der Waals surface area contributed by atoms with Crippen LogP contribution in [0.5, 0.6) is 0 Å². The van der Waals surface area contributed by atoms with Crippen LogP contribution >= 0.6 is 0 Å². The van der Waals surface area contributed by atoms with Crippen LogP contribution in [0.3, 0.4) is 0 Å². The molecular formula is C10H8FNO4. The van der Waals surface area contributed by atoms with Gasteiger partial charge in [0.15, 0.2) is 0 Å². The molecule has 0 aliphatic rings. The summed E-state index contributed by atoms with van der Waals surface area (Å²) in [6.45, 7) is 0. The standard InChI is InChI=1S/C10H8FNO4/c1-16-10(13)9(12(14)15)6-7-2-4-8(11)5-3-7/h2-6H,1H3/b9-6+. The Hall–Kier alpha value is -2.24. The number of hydrogen-bond donors (Lipinski definition) is 0. The summed E-state index contributed by atoms with van der Waals surface area (Å²) in [5.41, 5.74) is -0.354. The van der Waals surface area contributed by atoms with E-state index in [1.54, 1.807) is 0 Å². The van der Waals surface area contributed by atoms with Crippen molar-refractivity contribution in [1.29, 1.82) is 0 Å². The van der Waals surface area contributed by atoms with Gasteiger partial charge in [0.2, 0.25) is 0 Å². The van der Waals surface area contributed by atoms with Crippen LogP contribution in [-0.2, 0) is 9.53 Å². The summed E-state index contributed by atoms with van der Waals surface area (Å²) in [6.07, 6.45) is 1.02. The quantitative estimate of drug-likeness (QED) is 0.339. The molecule has 5 nitrogen and oxygen atoms in total. The zero-order chi connectivity index (χ0) is 12.1. The Labute approximate surface area is 90.3 Å². The molecule has 16 heavy (non-hydrogen) atoms. The number of carbonyl (C=O) groups is 1. The maximum Gasteiger partial charge on any atom is 0.409 e. The van der Waals surface area contributed by atoms with Crippen LogP contribution in [0, 0.1) is 15.9 Å². The number of esters is 1. The van der Waals surface area contributed by atoms with E-state index in [1.807, 2.05) is 0 Å². The number of carbonyl (C=O) groups excluding carboxylic acids is 1. The maximum atomic E-state index is 12.6. The zero-order valence-electron chi connectivity index (χ0n) is 8.34. The number of nitro groups is 1. The van der Waals surface area contributed by atoms with E-state index in [9.17, 15) is 19.3 Å². The lowest BCUT2D eigenvalue weighted by atomic mass is 10.2. The molecule has 0 atom stereocenters. The lowest BCUT2D eigenvalue weighted by Crippen LogP contribution is -2.12. The normalized spacial score (nSPS) is 11.0. The predicted octanol–water partition coefficient (Wildman–Crippen LogP) is 1.62. The average Bonchev–Trinajstić information content (AvgIpc) is 2.27. The molecule has 0 heterocycles. The van der Waals surface area contributed by atoms with Crippen LogP contribution in [0.25, 0.3) is 6.08 Å². The van der Waals surface area contributed by atoms with E-state index >= 15 is 0 Å². The highest BCUT2D eigenvalue weighted by molar-refractivity contribution is 5.90. The van der Waals surface area contributed by atoms with Crippen molar-refractivity contribution in [2.45, 2.75) is 0 Å². The Morgan fingerprint density at radius 2 is 2.00 bits per heavy atom. The molecule has 0 amide bonds. The van der Waals surface area contributed by atoms with E-state index in [0.717, 1.165) is 25.3 Å². The molecule has 0 N–H and O–H groups in total. The molecule has 0 saturated heterocycles. The minimum absolute atomic E-state index is 0.346. The van der Waals surface area contributed by atoms with Gasteiger partial charge < -0.3 is 4.74 Å². The number of rotatable bonds is 3. The average molecular weight is 225 g/mol. The van der Waals surface area contributed by atoms with Crippen LogP contribution in [0.4, 0.5) is 4.39 Å². The van der Waals surface area contributed by atoms with Gasteiger partial charge in [0.25, 0.3) is 0 Å². The minimum atomic E-state index is -1.05. The maximum absolute atomic E-state index is 12.6. The van der Waals surface area contributed by atoms with E-state index in [2.05, 4.69) is 4.74 Å². The largest absolute Gasteiger partial charge is 0.461 e. The van der Waals surface area contributed by atoms with E-state index < -0.39 is 22.4 Å². The zero-order valence-corrected chi connectivity index (χ0v) is 8.34. The van der Waals surface area contributed by atoms with Crippen LogP contribution in [0.15, 0.2) is 30.0 Å². The third-order valence-electron chi connectivity index (χ3n) is 1.76. The number of methoxy groups -OCH3 is 1. The molecule has 0 unspecified atom stereocenters. The van der Waals surface area contributed by atoms with Gasteiger partial charge in [-0.1, -0.05) is 12.1 Å². The van der Waals surface area contributed by atoms with Crippen molar-refractivity contribution in [3.63, 3.8) is 0 Å². The van der Waals surface area contributed by atoms with Gasteiger partial charge in [-0.25, -0.2) is 9.18 Å². The van der Waals surface area contributed by atoms with Crippen molar-refractivity contribution in [3.05, 3.63) is 51.5 Å². The van der Waals surface area contributed by atoms with E-state index in [4.69, 9.17) is 0 Å². The SMILES string of the molecule is COC(=O)/C(=C\c1ccc(F)cc1)[N+](=O)[O-]. The lowest BCUT2D eigenvalue weighted by molar-refractivity contribution is -0.419. The number of ether oxygens (including phenoxy) is 1. The van der Waals surface area contributed by atoms with Crippen LogP contribution in [0.1, 0.15) is 5.56 Å². The minimum Gasteiger partial charge on any atom is -0.461 e. The molecule has 1 aromatic carbocycles. The van der Waals surface area contributed by atoms with Crippen molar-refractivity contribution >= 4 is 12.0 Å². The van der Waals surface area contributed by atoms with Gasteiger partial charge in [-0.2, -0.15) is 0 Å². The van der Waals surface area contributed by atoms with Gasteiger partial charge in [-0.15, -0.1) is 0 Å². The van der Waals surface area contributed by atoms with Crippen molar-refractivity contribution < 1.29 is 18.8 Å². The molecule has 0 fully saturated rings. The molecule has 0 aliphatic heterocycles. The molecule has 0 spiro atoms. The second-order valence-corrected chi connectivity index (χ2v) is 2.83. The predicted molar refractivity (Wildman–Crippen MR) is 53.4 cm³/mol. The Morgan fingerprint density at radius 1 is 1.44 bits per heavy atom. The van der Waals surface area contributed by atoms with Gasteiger partial charge in [0.1, 0.15) is 5.82 Å². The molecule has 0 aromatic heterocycles. The van der Waals surface area contributed by atoms with E-state index in [1.165, 1.54) is 12.1 Å². The molecule has 1 rings (SSSR count). The van der Waals surface area contributed by atoms with Crippen LogP contribution in [-0.4, -0.2) is 18.0 Å².